The van der Waals surface area contributed by atoms with Crippen molar-refractivity contribution in [3.05, 3.63) is 59.7 Å². The monoisotopic (exact) mass is 598 g/mol. The van der Waals surface area contributed by atoms with Gasteiger partial charge in [0, 0.05) is 43.7 Å². The van der Waals surface area contributed by atoms with Gasteiger partial charge in [-0.1, -0.05) is 43.5 Å². The van der Waals surface area contributed by atoms with Crippen LogP contribution in [-0.2, 0) is 27.4 Å². The average molecular weight is 599 g/mol. The Morgan fingerprint density at radius 1 is 0.786 bits per heavy atom. The van der Waals surface area contributed by atoms with Crippen molar-refractivity contribution in [2.45, 2.75) is 81.8 Å². The van der Waals surface area contributed by atoms with Crippen LogP contribution in [0.4, 0.5) is 4.79 Å². The number of amides is 2. The molecule has 2 saturated heterocycles. The highest BCUT2D eigenvalue weighted by atomic mass is 32.2. The van der Waals surface area contributed by atoms with Gasteiger partial charge in [0.15, 0.2) is 0 Å². The summed E-state index contributed by atoms with van der Waals surface area (Å²) < 4.78 is 21.1. The lowest BCUT2D eigenvalue weighted by atomic mass is 10.0. The van der Waals surface area contributed by atoms with Gasteiger partial charge < -0.3 is 28.7 Å². The lowest BCUT2D eigenvalue weighted by Crippen LogP contribution is -2.40. The molecule has 2 aromatic carbocycles. The summed E-state index contributed by atoms with van der Waals surface area (Å²) in [5.41, 5.74) is 2.23. The van der Waals surface area contributed by atoms with Gasteiger partial charge in [-0.3, -0.25) is 4.79 Å². The maximum atomic E-state index is 13.9. The van der Waals surface area contributed by atoms with Crippen LogP contribution in [0.5, 0.6) is 11.5 Å². The molecule has 2 fully saturated rings. The van der Waals surface area contributed by atoms with E-state index in [4.69, 9.17) is 14.2 Å². The number of nitrogens with zero attached hydrogens (tertiary/aromatic N) is 2. The zero-order valence-electron chi connectivity index (χ0n) is 25.3. The van der Waals surface area contributed by atoms with E-state index in [2.05, 4.69) is 38.8 Å². The van der Waals surface area contributed by atoms with Gasteiger partial charge in [-0.25, -0.2) is 4.79 Å². The number of hydrogen-bond acceptors (Lipinski definition) is 7. The maximum Gasteiger partial charge on any atom is 0.321 e. The van der Waals surface area contributed by atoms with Crippen molar-refractivity contribution >= 4 is 23.8 Å². The largest absolute Gasteiger partial charge is 0.497 e. The molecular weight excluding hydrogens is 552 g/mol. The first kappa shape index (κ1) is 32.0. The molecular formula is C33H46N2O6S. The first-order chi connectivity index (χ1) is 20.5. The van der Waals surface area contributed by atoms with E-state index in [1.165, 1.54) is 7.11 Å². The Hall–Kier alpha value is -2.91. The number of rotatable bonds is 18. The molecule has 0 bridgehead atoms. The average Bonchev–Trinajstić information content (AvgIpc) is 3.54. The van der Waals surface area contributed by atoms with Gasteiger partial charge in [0.2, 0.25) is 0 Å². The quantitative estimate of drug-likeness (QED) is 0.113. The van der Waals surface area contributed by atoms with Crippen molar-refractivity contribution < 1.29 is 28.5 Å². The molecule has 0 spiro atoms. The molecule has 2 heterocycles. The van der Waals surface area contributed by atoms with Crippen LogP contribution in [0.2, 0.25) is 0 Å². The van der Waals surface area contributed by atoms with E-state index >= 15 is 0 Å². The lowest BCUT2D eigenvalue weighted by molar-refractivity contribution is -0.140. The Morgan fingerprint density at radius 3 is 1.93 bits per heavy atom. The second kappa shape index (κ2) is 16.7. The number of ether oxygens (including phenoxy) is 4. The molecule has 2 amide bonds. The summed E-state index contributed by atoms with van der Waals surface area (Å²) >= 11 is 2.02. The molecule has 4 rings (SSSR count). The number of esters is 1. The number of methoxy groups -OCH3 is 3. The Balaban J connectivity index is 1.28. The van der Waals surface area contributed by atoms with Crippen molar-refractivity contribution in [1.29, 1.82) is 0 Å². The van der Waals surface area contributed by atoms with Gasteiger partial charge in [-0.2, -0.15) is 11.8 Å². The number of unbranched alkanes of at least 4 members (excludes halogenated alkanes) is 4. The molecule has 0 aliphatic carbocycles. The fourth-order valence-corrected chi connectivity index (χ4v) is 7.51. The third kappa shape index (κ3) is 8.80. The summed E-state index contributed by atoms with van der Waals surface area (Å²) in [5, 5.41) is 0.425. The van der Waals surface area contributed by atoms with Crippen LogP contribution in [0, 0.1) is 0 Å². The van der Waals surface area contributed by atoms with Crippen molar-refractivity contribution in [2.24, 2.45) is 0 Å². The third-order valence-corrected chi connectivity index (χ3v) is 9.68. The highest BCUT2D eigenvalue weighted by molar-refractivity contribution is 8.00. The molecule has 3 atom stereocenters. The molecule has 0 N–H and O–H groups in total. The number of carbonyl (C=O) groups is 2. The van der Waals surface area contributed by atoms with Gasteiger partial charge in [-0.15, -0.1) is 0 Å². The normalized spacial score (nSPS) is 19.7. The van der Waals surface area contributed by atoms with E-state index in [9.17, 15) is 9.59 Å². The Labute approximate surface area is 255 Å². The molecule has 230 valence electrons. The van der Waals surface area contributed by atoms with E-state index in [0.717, 1.165) is 86.5 Å². The van der Waals surface area contributed by atoms with Crippen LogP contribution in [0.25, 0.3) is 0 Å². The minimum Gasteiger partial charge on any atom is -0.497 e. The summed E-state index contributed by atoms with van der Waals surface area (Å²) in [5.74, 6) is 2.47. The molecule has 0 aromatic heterocycles. The Bertz CT molecular complexity index is 1110. The molecule has 8 nitrogen and oxygen atoms in total. The molecule has 2 aliphatic rings. The first-order valence-corrected chi connectivity index (χ1v) is 16.2. The zero-order valence-corrected chi connectivity index (χ0v) is 26.1. The number of urea groups is 1. The standard InChI is InChI=1S/C33H46N2O6S/c1-38-27-16-12-25(13-17-27)22-34-29-24-42-30(10-6-4-8-20-41-21-9-5-7-11-31(36)40-3)32(29)35(33(34)37)23-26-14-18-28(39-2)19-15-26/h12-19,29-30,32H,4-11,20-24H2,1-3H3/t29?,30-,32?/m0/s1. The number of carbonyl (C=O) groups excluding carboxylic acids is 2. The smallest absolute Gasteiger partial charge is 0.321 e. The van der Waals surface area contributed by atoms with Crippen LogP contribution in [0.15, 0.2) is 48.5 Å². The van der Waals surface area contributed by atoms with Crippen molar-refractivity contribution in [3.8, 4) is 11.5 Å². The molecule has 0 radical (unpaired) electrons. The predicted molar refractivity (Wildman–Crippen MR) is 166 cm³/mol. The van der Waals surface area contributed by atoms with Crippen molar-refractivity contribution in [1.82, 2.24) is 9.80 Å². The minimum absolute atomic E-state index is 0.127. The van der Waals surface area contributed by atoms with Gasteiger partial charge in [-0.05, 0) is 61.1 Å². The Kier molecular flexibility index (Phi) is 12.7. The van der Waals surface area contributed by atoms with Crippen LogP contribution in [0.1, 0.15) is 62.5 Å². The SMILES string of the molecule is COC(=O)CCCCCOCCCCC[C@@H]1SCC2C1N(Cc1ccc(OC)cc1)C(=O)N2Cc1ccc(OC)cc1. The molecule has 0 saturated carbocycles. The minimum atomic E-state index is -0.140. The maximum absolute atomic E-state index is 13.9. The van der Waals surface area contributed by atoms with E-state index < -0.39 is 0 Å². The van der Waals surface area contributed by atoms with Gasteiger partial charge in [0.25, 0.3) is 0 Å². The molecule has 42 heavy (non-hydrogen) atoms. The van der Waals surface area contributed by atoms with Crippen LogP contribution < -0.4 is 9.47 Å². The summed E-state index contributed by atoms with van der Waals surface area (Å²) in [6, 6.07) is 16.6. The third-order valence-electron chi connectivity index (χ3n) is 8.21. The summed E-state index contributed by atoms with van der Waals surface area (Å²) in [7, 11) is 4.77. The van der Waals surface area contributed by atoms with E-state index in [1.807, 2.05) is 36.0 Å². The molecule has 9 heteroatoms. The van der Waals surface area contributed by atoms with Gasteiger partial charge in [0.1, 0.15) is 11.5 Å². The van der Waals surface area contributed by atoms with E-state index in [-0.39, 0.29) is 24.1 Å². The second-order valence-corrected chi connectivity index (χ2v) is 12.3. The van der Waals surface area contributed by atoms with Crippen LogP contribution >= 0.6 is 11.8 Å². The van der Waals surface area contributed by atoms with Crippen molar-refractivity contribution in [2.75, 3.05) is 40.3 Å². The predicted octanol–water partition coefficient (Wildman–Crippen LogP) is 6.30. The second-order valence-electron chi connectivity index (χ2n) is 11.0. The molecule has 2 unspecified atom stereocenters. The fraction of sp³-hybridized carbons (Fsp3) is 0.576. The topological polar surface area (TPSA) is 77.5 Å². The lowest BCUT2D eigenvalue weighted by Gasteiger charge is -2.27. The zero-order chi connectivity index (χ0) is 29.7. The summed E-state index contributed by atoms with van der Waals surface area (Å²) in [4.78, 5) is 29.2. The van der Waals surface area contributed by atoms with Crippen LogP contribution in [-0.4, -0.2) is 79.4 Å². The highest BCUT2D eigenvalue weighted by Gasteiger charge is 2.52. The number of thioether (sulfide) groups is 1. The molecule has 2 aliphatic heterocycles. The van der Waals surface area contributed by atoms with Crippen LogP contribution in [0.3, 0.4) is 0 Å². The summed E-state index contributed by atoms with van der Waals surface area (Å²) in [6.07, 6.45) is 7.70. The summed E-state index contributed by atoms with van der Waals surface area (Å²) in [6.45, 7) is 2.73. The van der Waals surface area contributed by atoms with Gasteiger partial charge in [0.05, 0.1) is 33.4 Å². The number of fused-ring (bicyclic) bond motifs is 1. The first-order valence-electron chi connectivity index (χ1n) is 15.1. The van der Waals surface area contributed by atoms with Crippen molar-refractivity contribution in [3.63, 3.8) is 0 Å². The van der Waals surface area contributed by atoms with E-state index in [0.29, 0.717) is 24.8 Å². The number of hydrogen-bond donors (Lipinski definition) is 0. The fourth-order valence-electron chi connectivity index (χ4n) is 5.83. The highest BCUT2D eigenvalue weighted by Crippen LogP contribution is 2.43. The van der Waals surface area contributed by atoms with E-state index in [1.54, 1.807) is 14.2 Å². The molecule has 2 aromatic rings. The number of benzene rings is 2. The Morgan fingerprint density at radius 2 is 1.36 bits per heavy atom. The van der Waals surface area contributed by atoms with Gasteiger partial charge >= 0.3 is 12.0 Å².